The lowest BCUT2D eigenvalue weighted by Gasteiger charge is -2.28. The summed E-state index contributed by atoms with van der Waals surface area (Å²) in [6.07, 6.45) is 0. The smallest absolute Gasteiger partial charge is 0.338 e. The van der Waals surface area contributed by atoms with Crippen molar-refractivity contribution in [1.29, 1.82) is 0 Å². The van der Waals surface area contributed by atoms with E-state index in [2.05, 4.69) is 5.32 Å². The van der Waals surface area contributed by atoms with Crippen LogP contribution in [0.2, 0.25) is 0 Å². The number of benzene rings is 3. The van der Waals surface area contributed by atoms with Crippen molar-refractivity contribution in [2.75, 3.05) is 23.4 Å². The van der Waals surface area contributed by atoms with Gasteiger partial charge in [0.2, 0.25) is 11.8 Å². The number of carbonyl (C=O) groups excluding carboxylic acids is 4. The van der Waals surface area contributed by atoms with Crippen molar-refractivity contribution in [3.05, 3.63) is 83.9 Å². The van der Waals surface area contributed by atoms with Gasteiger partial charge >= 0.3 is 5.97 Å². The van der Waals surface area contributed by atoms with Crippen molar-refractivity contribution >= 4 is 35.1 Å². The van der Waals surface area contributed by atoms with Gasteiger partial charge in [-0.15, -0.1) is 0 Å². The SMILES string of the molecule is NC(=O)c1ccc(Oc2ccc(C(=O)OCC(=O)N3CC(=O)Nc4ccccc43)cc2)cc1. The third kappa shape index (κ3) is 4.99. The minimum absolute atomic E-state index is 0.153. The van der Waals surface area contributed by atoms with Crippen molar-refractivity contribution < 1.29 is 28.7 Å². The minimum atomic E-state index is -0.685. The third-order valence-electron chi connectivity index (χ3n) is 4.86. The zero-order valence-corrected chi connectivity index (χ0v) is 17.3. The van der Waals surface area contributed by atoms with Crippen LogP contribution in [0.4, 0.5) is 11.4 Å². The largest absolute Gasteiger partial charge is 0.457 e. The molecule has 0 spiro atoms. The molecule has 0 saturated heterocycles. The second-order valence-electron chi connectivity index (χ2n) is 7.14. The maximum Gasteiger partial charge on any atom is 0.338 e. The highest BCUT2D eigenvalue weighted by atomic mass is 16.5. The lowest BCUT2D eigenvalue weighted by Crippen LogP contribution is -2.44. The average Bonchev–Trinajstić information content (AvgIpc) is 2.82. The van der Waals surface area contributed by atoms with Crippen LogP contribution in [-0.2, 0) is 14.3 Å². The molecule has 9 heteroatoms. The van der Waals surface area contributed by atoms with Crippen molar-refractivity contribution in [2.24, 2.45) is 5.73 Å². The standard InChI is InChI=1S/C24H19N3O6/c25-23(30)15-5-9-17(10-6-15)33-18-11-7-16(8-12-18)24(31)32-14-22(29)27-13-21(28)26-19-3-1-2-4-20(19)27/h1-12H,13-14H2,(H2,25,30)(H,26,28). The Morgan fingerprint density at radius 1 is 0.879 bits per heavy atom. The molecule has 0 bridgehead atoms. The highest BCUT2D eigenvalue weighted by molar-refractivity contribution is 6.10. The molecule has 3 N–H and O–H groups in total. The fourth-order valence-electron chi connectivity index (χ4n) is 3.23. The Morgan fingerprint density at radius 3 is 2.12 bits per heavy atom. The first-order valence-electron chi connectivity index (χ1n) is 9.95. The molecule has 0 fully saturated rings. The maximum atomic E-state index is 12.6. The first-order chi connectivity index (χ1) is 15.9. The lowest BCUT2D eigenvalue weighted by molar-refractivity contribution is -0.124. The molecule has 1 aliphatic rings. The van der Waals surface area contributed by atoms with E-state index in [1.807, 2.05) is 0 Å². The van der Waals surface area contributed by atoms with Gasteiger partial charge < -0.3 is 20.5 Å². The molecule has 1 heterocycles. The Hall–Kier alpha value is -4.66. The molecule has 0 aromatic heterocycles. The van der Waals surface area contributed by atoms with Crippen LogP contribution < -0.4 is 20.7 Å². The zero-order valence-electron chi connectivity index (χ0n) is 17.3. The molecular weight excluding hydrogens is 426 g/mol. The number of hydrogen-bond donors (Lipinski definition) is 2. The predicted octanol–water partition coefficient (Wildman–Crippen LogP) is 2.72. The number of anilines is 2. The quantitative estimate of drug-likeness (QED) is 0.562. The van der Waals surface area contributed by atoms with Gasteiger partial charge in [0.25, 0.3) is 5.91 Å². The van der Waals surface area contributed by atoms with Gasteiger partial charge in [0.15, 0.2) is 6.61 Å². The van der Waals surface area contributed by atoms with Crippen LogP contribution in [0.15, 0.2) is 72.8 Å². The first-order valence-corrected chi connectivity index (χ1v) is 9.95. The normalized spacial score (nSPS) is 12.4. The van der Waals surface area contributed by atoms with Gasteiger partial charge in [-0.3, -0.25) is 19.3 Å². The molecule has 3 aromatic carbocycles. The molecule has 3 amide bonds. The molecule has 0 aliphatic carbocycles. The van der Waals surface area contributed by atoms with Crippen LogP contribution >= 0.6 is 0 Å². The molecule has 9 nitrogen and oxygen atoms in total. The highest BCUT2D eigenvalue weighted by Crippen LogP contribution is 2.29. The molecule has 0 saturated carbocycles. The number of nitrogens with zero attached hydrogens (tertiary/aromatic N) is 1. The summed E-state index contributed by atoms with van der Waals surface area (Å²) in [4.78, 5) is 49.2. The van der Waals surface area contributed by atoms with Crippen LogP contribution in [0.5, 0.6) is 11.5 Å². The van der Waals surface area contributed by atoms with Crippen molar-refractivity contribution in [1.82, 2.24) is 0 Å². The third-order valence-corrected chi connectivity index (χ3v) is 4.86. The van der Waals surface area contributed by atoms with Gasteiger partial charge in [0, 0.05) is 5.56 Å². The Balaban J connectivity index is 1.35. The number of rotatable bonds is 6. The second-order valence-corrected chi connectivity index (χ2v) is 7.14. The van der Waals surface area contributed by atoms with E-state index < -0.39 is 24.4 Å². The van der Waals surface area contributed by atoms with Crippen LogP contribution in [0, 0.1) is 0 Å². The van der Waals surface area contributed by atoms with E-state index in [9.17, 15) is 19.2 Å². The van der Waals surface area contributed by atoms with Crippen LogP contribution in [0.25, 0.3) is 0 Å². The van der Waals surface area contributed by atoms with E-state index in [1.54, 1.807) is 60.7 Å². The molecule has 0 atom stereocenters. The van der Waals surface area contributed by atoms with Gasteiger partial charge in [0.1, 0.15) is 18.0 Å². The number of nitrogens with two attached hydrogens (primary N) is 1. The number of ether oxygens (including phenoxy) is 2. The molecule has 0 radical (unpaired) electrons. The van der Waals surface area contributed by atoms with Gasteiger partial charge in [-0.1, -0.05) is 12.1 Å². The number of fused-ring (bicyclic) bond motifs is 1. The summed E-state index contributed by atoms with van der Waals surface area (Å²) in [5.41, 5.74) is 6.87. The lowest BCUT2D eigenvalue weighted by atomic mass is 10.2. The summed E-state index contributed by atoms with van der Waals surface area (Å²) in [7, 11) is 0. The second kappa shape index (κ2) is 9.23. The summed E-state index contributed by atoms with van der Waals surface area (Å²) in [5, 5.41) is 2.69. The molecule has 33 heavy (non-hydrogen) atoms. The van der Waals surface area contributed by atoms with E-state index in [4.69, 9.17) is 15.2 Å². The zero-order chi connectivity index (χ0) is 23.4. The summed E-state index contributed by atoms with van der Waals surface area (Å²) in [6, 6.07) is 19.3. The van der Waals surface area contributed by atoms with Gasteiger partial charge in [0.05, 0.1) is 16.9 Å². The van der Waals surface area contributed by atoms with E-state index in [0.717, 1.165) is 0 Å². The minimum Gasteiger partial charge on any atom is -0.457 e. The molecule has 4 rings (SSSR count). The number of nitrogens with one attached hydrogen (secondary N) is 1. The van der Waals surface area contributed by atoms with Crippen molar-refractivity contribution in [2.45, 2.75) is 0 Å². The topological polar surface area (TPSA) is 128 Å². The van der Waals surface area contributed by atoms with E-state index >= 15 is 0 Å². The van der Waals surface area contributed by atoms with E-state index in [1.165, 1.54) is 17.0 Å². The number of carbonyl (C=O) groups is 4. The number of para-hydroxylation sites is 2. The fraction of sp³-hybridized carbons (Fsp3) is 0.0833. The molecule has 1 aliphatic heterocycles. The first kappa shape index (κ1) is 21.6. The van der Waals surface area contributed by atoms with Crippen molar-refractivity contribution in [3.63, 3.8) is 0 Å². The van der Waals surface area contributed by atoms with Crippen LogP contribution in [0.3, 0.4) is 0 Å². The molecule has 166 valence electrons. The number of hydrogen-bond acceptors (Lipinski definition) is 6. The Morgan fingerprint density at radius 2 is 1.48 bits per heavy atom. The van der Waals surface area contributed by atoms with Crippen molar-refractivity contribution in [3.8, 4) is 11.5 Å². The number of amides is 3. The monoisotopic (exact) mass is 445 g/mol. The van der Waals surface area contributed by atoms with Gasteiger partial charge in [-0.25, -0.2) is 4.79 Å². The molecule has 0 unspecified atom stereocenters. The number of esters is 1. The Kier molecular flexibility index (Phi) is 6.03. The van der Waals surface area contributed by atoms with Gasteiger partial charge in [-0.05, 0) is 60.7 Å². The highest BCUT2D eigenvalue weighted by Gasteiger charge is 2.27. The maximum absolute atomic E-state index is 12.6. The van der Waals surface area contributed by atoms with E-state index in [0.29, 0.717) is 28.4 Å². The summed E-state index contributed by atoms with van der Waals surface area (Å²) < 4.78 is 10.8. The Bertz CT molecular complexity index is 1220. The summed E-state index contributed by atoms with van der Waals surface area (Å²) in [5.74, 6) is -1.10. The number of primary amides is 1. The molecule has 3 aromatic rings. The van der Waals surface area contributed by atoms with Crippen LogP contribution in [0.1, 0.15) is 20.7 Å². The van der Waals surface area contributed by atoms with Crippen LogP contribution in [-0.4, -0.2) is 36.8 Å². The fourth-order valence-corrected chi connectivity index (χ4v) is 3.23. The average molecular weight is 445 g/mol. The van der Waals surface area contributed by atoms with Gasteiger partial charge in [-0.2, -0.15) is 0 Å². The summed E-state index contributed by atoms with van der Waals surface area (Å²) in [6.45, 7) is -0.662. The molecular formula is C24H19N3O6. The van der Waals surface area contributed by atoms with E-state index in [-0.39, 0.29) is 18.0 Å². The predicted molar refractivity (Wildman–Crippen MR) is 119 cm³/mol. The summed E-state index contributed by atoms with van der Waals surface area (Å²) >= 11 is 0. The Labute approximate surface area is 188 Å².